The number of carbonyl (C=O) groups excluding carboxylic acids is 2. The van der Waals surface area contributed by atoms with Crippen LogP contribution in [0.5, 0.6) is 0 Å². The number of carbonyl (C=O) groups is 2. The summed E-state index contributed by atoms with van der Waals surface area (Å²) < 4.78 is 8.60. The van der Waals surface area contributed by atoms with Crippen molar-refractivity contribution in [3.63, 3.8) is 0 Å². The maximum atomic E-state index is 12.4. The predicted octanol–water partition coefficient (Wildman–Crippen LogP) is 4.09. The van der Waals surface area contributed by atoms with Crippen LogP contribution in [0.4, 0.5) is 0 Å². The van der Waals surface area contributed by atoms with Gasteiger partial charge in [-0.1, -0.05) is 19.4 Å². The molecule has 0 aliphatic heterocycles. The van der Waals surface area contributed by atoms with Gasteiger partial charge in [-0.05, 0) is 67.7 Å². The summed E-state index contributed by atoms with van der Waals surface area (Å²) in [7, 11) is 0. The van der Waals surface area contributed by atoms with Crippen LogP contribution < -0.4 is 0 Å². The first-order valence-corrected chi connectivity index (χ1v) is 8.57. The standard InChI is InChI=1S/C19H26O2/c1-18-9-7-13(20)11-12(18)3-4-14-15-5-6-17(21)19(15,2)10-8-16(14)18/h11,14-16H,3-10H2,1-2H3/i9D. The highest BCUT2D eigenvalue weighted by molar-refractivity contribution is 5.91. The van der Waals surface area contributed by atoms with Gasteiger partial charge in [-0.15, -0.1) is 0 Å². The summed E-state index contributed by atoms with van der Waals surface area (Å²) in [6.45, 7) is 4.43. The van der Waals surface area contributed by atoms with Crippen LogP contribution in [0.25, 0.3) is 0 Å². The van der Waals surface area contributed by atoms with Crippen molar-refractivity contribution in [2.24, 2.45) is 28.6 Å². The van der Waals surface area contributed by atoms with Crippen LogP contribution in [0.1, 0.15) is 66.6 Å². The molecule has 2 nitrogen and oxygen atoms in total. The molecule has 3 fully saturated rings. The summed E-state index contributed by atoms with van der Waals surface area (Å²) in [4.78, 5) is 24.2. The van der Waals surface area contributed by atoms with Crippen LogP contribution in [0.3, 0.4) is 0 Å². The van der Waals surface area contributed by atoms with Gasteiger partial charge in [0.05, 0.1) is 0 Å². The molecule has 4 rings (SSSR count). The van der Waals surface area contributed by atoms with E-state index in [1.807, 2.05) is 6.08 Å². The second-order valence-electron chi connectivity index (χ2n) is 8.16. The minimum Gasteiger partial charge on any atom is -0.299 e. The molecule has 0 N–H and O–H groups in total. The molecular weight excluding hydrogens is 260 g/mol. The lowest BCUT2D eigenvalue weighted by Gasteiger charge is -2.56. The molecule has 0 amide bonds. The molecule has 0 aromatic carbocycles. The van der Waals surface area contributed by atoms with E-state index in [-0.39, 0.29) is 23.0 Å². The van der Waals surface area contributed by atoms with Crippen molar-refractivity contribution in [2.75, 3.05) is 0 Å². The molecule has 2 heteroatoms. The minimum absolute atomic E-state index is 0.0965. The average Bonchev–Trinajstić information content (AvgIpc) is 2.77. The van der Waals surface area contributed by atoms with Gasteiger partial charge in [-0.3, -0.25) is 9.59 Å². The average molecular weight is 287 g/mol. The molecule has 6 atom stereocenters. The van der Waals surface area contributed by atoms with Crippen molar-refractivity contribution in [2.45, 2.75) is 65.2 Å². The van der Waals surface area contributed by atoms with E-state index >= 15 is 0 Å². The Morgan fingerprint density at radius 3 is 2.62 bits per heavy atom. The lowest BCUT2D eigenvalue weighted by molar-refractivity contribution is -0.132. The Hall–Kier alpha value is -0.920. The summed E-state index contributed by atoms with van der Waals surface area (Å²) in [5.74, 6) is 2.20. The van der Waals surface area contributed by atoms with Crippen LogP contribution in [-0.2, 0) is 9.59 Å². The van der Waals surface area contributed by atoms with Crippen molar-refractivity contribution >= 4 is 11.6 Å². The number of hydrogen-bond donors (Lipinski definition) is 0. The summed E-state index contributed by atoms with van der Waals surface area (Å²) in [6.07, 6.45) is 7.86. The Labute approximate surface area is 128 Å². The van der Waals surface area contributed by atoms with Gasteiger partial charge in [-0.2, -0.15) is 0 Å². The molecule has 4 aliphatic carbocycles. The van der Waals surface area contributed by atoms with E-state index < -0.39 is 0 Å². The molecular formula is C19H26O2. The molecule has 0 saturated heterocycles. The molecule has 21 heavy (non-hydrogen) atoms. The molecule has 0 spiro atoms. The van der Waals surface area contributed by atoms with Crippen LogP contribution in [0.15, 0.2) is 11.6 Å². The van der Waals surface area contributed by atoms with E-state index in [0.29, 0.717) is 30.0 Å². The first-order valence-electron chi connectivity index (χ1n) is 9.14. The summed E-state index contributed by atoms with van der Waals surface area (Å²) in [5.41, 5.74) is 1.00. The lowest BCUT2D eigenvalue weighted by Crippen LogP contribution is -2.50. The molecule has 0 heterocycles. The van der Waals surface area contributed by atoms with Crippen LogP contribution >= 0.6 is 0 Å². The van der Waals surface area contributed by atoms with E-state index in [4.69, 9.17) is 1.37 Å². The van der Waals surface area contributed by atoms with Crippen molar-refractivity contribution in [1.82, 2.24) is 0 Å². The number of hydrogen-bond acceptors (Lipinski definition) is 2. The van der Waals surface area contributed by atoms with E-state index in [2.05, 4.69) is 13.8 Å². The van der Waals surface area contributed by atoms with Gasteiger partial charge in [0.2, 0.25) is 0 Å². The summed E-state index contributed by atoms with van der Waals surface area (Å²) in [6, 6.07) is 0. The molecule has 6 unspecified atom stereocenters. The molecule has 3 saturated carbocycles. The first-order chi connectivity index (χ1) is 10.4. The number of rotatable bonds is 0. The fourth-order valence-electron chi connectivity index (χ4n) is 6.11. The maximum Gasteiger partial charge on any atom is 0.155 e. The summed E-state index contributed by atoms with van der Waals surface area (Å²) >= 11 is 0. The number of Topliss-reactive ketones (excluding diaryl/α,β-unsaturated/α-hetero) is 1. The van der Waals surface area contributed by atoms with Crippen LogP contribution in [0, 0.1) is 28.6 Å². The van der Waals surface area contributed by atoms with Gasteiger partial charge < -0.3 is 0 Å². The Kier molecular flexibility index (Phi) is 2.58. The highest BCUT2D eigenvalue weighted by atomic mass is 16.1. The Balaban J connectivity index is 1.73. The smallest absolute Gasteiger partial charge is 0.155 e. The zero-order chi connectivity index (χ0) is 15.7. The van der Waals surface area contributed by atoms with Crippen molar-refractivity contribution < 1.29 is 11.0 Å². The molecule has 0 bridgehead atoms. The van der Waals surface area contributed by atoms with Crippen molar-refractivity contribution in [3.8, 4) is 0 Å². The van der Waals surface area contributed by atoms with Gasteiger partial charge in [0.1, 0.15) is 5.78 Å². The Morgan fingerprint density at radius 1 is 1.05 bits per heavy atom. The first kappa shape index (κ1) is 12.6. The minimum atomic E-state index is -0.297. The molecule has 4 aliphatic rings. The Bertz CT molecular complexity index is 580. The lowest BCUT2D eigenvalue weighted by atomic mass is 9.47. The normalized spacial score (nSPS) is 53.4. The van der Waals surface area contributed by atoms with E-state index in [1.54, 1.807) is 0 Å². The van der Waals surface area contributed by atoms with E-state index in [0.717, 1.165) is 38.5 Å². The van der Waals surface area contributed by atoms with Crippen molar-refractivity contribution in [3.05, 3.63) is 11.6 Å². The zero-order valence-corrected chi connectivity index (χ0v) is 13.2. The van der Waals surface area contributed by atoms with Gasteiger partial charge >= 0.3 is 0 Å². The van der Waals surface area contributed by atoms with Gasteiger partial charge in [0.25, 0.3) is 0 Å². The Morgan fingerprint density at radius 2 is 1.81 bits per heavy atom. The SMILES string of the molecule is [2H]C1CC(=O)C=C2CCC3C4CCC(=O)C4(C)CCC3C21C. The van der Waals surface area contributed by atoms with Crippen molar-refractivity contribution in [1.29, 1.82) is 0 Å². The second-order valence-corrected chi connectivity index (χ2v) is 8.16. The highest BCUT2D eigenvalue weighted by Crippen LogP contribution is 2.64. The van der Waals surface area contributed by atoms with Gasteiger partial charge in [-0.25, -0.2) is 0 Å². The van der Waals surface area contributed by atoms with Gasteiger partial charge in [0.15, 0.2) is 5.78 Å². The third-order valence-corrected chi connectivity index (χ3v) is 7.42. The van der Waals surface area contributed by atoms with E-state index in [1.165, 1.54) is 5.57 Å². The topological polar surface area (TPSA) is 34.1 Å². The van der Waals surface area contributed by atoms with Crippen LogP contribution in [0.2, 0.25) is 0 Å². The van der Waals surface area contributed by atoms with Crippen LogP contribution in [-0.4, -0.2) is 11.6 Å². The monoisotopic (exact) mass is 287 g/mol. The summed E-state index contributed by atoms with van der Waals surface area (Å²) in [5, 5.41) is 0. The maximum absolute atomic E-state index is 12.4. The molecule has 114 valence electrons. The fraction of sp³-hybridized carbons (Fsp3) is 0.789. The highest BCUT2D eigenvalue weighted by Gasteiger charge is 2.58. The fourth-order valence-corrected chi connectivity index (χ4v) is 6.11. The second kappa shape index (κ2) is 4.30. The molecule has 0 aromatic rings. The number of fused-ring (bicyclic) bond motifs is 5. The molecule has 0 radical (unpaired) electrons. The third kappa shape index (κ3) is 1.71. The largest absolute Gasteiger partial charge is 0.299 e. The van der Waals surface area contributed by atoms with E-state index in [9.17, 15) is 9.59 Å². The number of allylic oxidation sites excluding steroid dienone is 1. The zero-order valence-electron chi connectivity index (χ0n) is 14.2. The molecule has 0 aromatic heterocycles. The predicted molar refractivity (Wildman–Crippen MR) is 81.7 cm³/mol. The quantitative estimate of drug-likeness (QED) is 0.672. The van der Waals surface area contributed by atoms with Gasteiger partial charge in [0, 0.05) is 19.6 Å². The third-order valence-electron chi connectivity index (χ3n) is 7.42. The number of ketones is 2.